The van der Waals surface area contributed by atoms with Gasteiger partial charge in [0, 0.05) is 19.2 Å². The molecule has 3 rings (SSSR count). The fraction of sp³-hybridized carbons (Fsp3) is 0.150. The zero-order valence-corrected chi connectivity index (χ0v) is 15.6. The molecule has 0 saturated heterocycles. The van der Waals surface area contributed by atoms with Crippen molar-refractivity contribution in [2.75, 3.05) is 7.05 Å². The Hall–Kier alpha value is -2.90. The molecule has 6 nitrogen and oxygen atoms in total. The van der Waals surface area contributed by atoms with Crippen LogP contribution in [0.3, 0.4) is 0 Å². The largest absolute Gasteiger partial charge is 0.468 e. The van der Waals surface area contributed by atoms with Crippen molar-refractivity contribution in [3.8, 4) is 0 Å². The van der Waals surface area contributed by atoms with Crippen LogP contribution in [0.4, 0.5) is 0 Å². The number of benzene rings is 2. The lowest BCUT2D eigenvalue weighted by molar-refractivity contribution is 0.0951. The Balaban J connectivity index is 1.65. The Bertz CT molecular complexity index is 982. The van der Waals surface area contributed by atoms with Gasteiger partial charge in [0.1, 0.15) is 5.76 Å². The van der Waals surface area contributed by atoms with Crippen LogP contribution >= 0.6 is 0 Å². The van der Waals surface area contributed by atoms with Gasteiger partial charge in [-0.1, -0.05) is 30.3 Å². The molecule has 0 atom stereocenters. The Labute approximate surface area is 158 Å². The molecule has 3 aromatic rings. The van der Waals surface area contributed by atoms with Crippen LogP contribution in [-0.4, -0.2) is 25.7 Å². The molecule has 1 heterocycles. The number of amides is 1. The third kappa shape index (κ3) is 4.64. The van der Waals surface area contributed by atoms with Crippen molar-refractivity contribution in [1.82, 2.24) is 9.62 Å². The Kier molecular flexibility index (Phi) is 5.73. The molecule has 0 fully saturated rings. The SMILES string of the molecule is CN(Cc1ccco1)S(=O)(=O)c1ccc(C(=O)NCc2ccccc2)cc1. The van der Waals surface area contributed by atoms with Gasteiger partial charge in [-0.25, -0.2) is 8.42 Å². The topological polar surface area (TPSA) is 79.6 Å². The van der Waals surface area contributed by atoms with Gasteiger partial charge < -0.3 is 9.73 Å². The van der Waals surface area contributed by atoms with E-state index in [1.54, 1.807) is 12.1 Å². The van der Waals surface area contributed by atoms with Crippen LogP contribution in [-0.2, 0) is 23.1 Å². The first-order valence-corrected chi connectivity index (χ1v) is 9.82. The number of carbonyl (C=O) groups excluding carboxylic acids is 1. The van der Waals surface area contributed by atoms with Gasteiger partial charge in [0.25, 0.3) is 5.91 Å². The van der Waals surface area contributed by atoms with Gasteiger partial charge in [0.2, 0.25) is 10.0 Å². The molecule has 1 amide bonds. The van der Waals surface area contributed by atoms with E-state index in [1.165, 1.54) is 41.9 Å². The fourth-order valence-corrected chi connectivity index (χ4v) is 3.68. The number of hydrogen-bond acceptors (Lipinski definition) is 4. The highest BCUT2D eigenvalue weighted by Crippen LogP contribution is 2.18. The van der Waals surface area contributed by atoms with Crippen molar-refractivity contribution in [1.29, 1.82) is 0 Å². The van der Waals surface area contributed by atoms with Crippen LogP contribution < -0.4 is 5.32 Å². The van der Waals surface area contributed by atoms with E-state index < -0.39 is 10.0 Å². The lowest BCUT2D eigenvalue weighted by Crippen LogP contribution is -2.26. The zero-order chi connectivity index (χ0) is 19.3. The van der Waals surface area contributed by atoms with Gasteiger partial charge in [-0.05, 0) is 42.0 Å². The molecule has 0 unspecified atom stereocenters. The maximum atomic E-state index is 12.6. The summed E-state index contributed by atoms with van der Waals surface area (Å²) in [6.07, 6.45) is 1.50. The summed E-state index contributed by atoms with van der Waals surface area (Å²) in [6, 6.07) is 18.9. The second-order valence-corrected chi connectivity index (χ2v) is 8.08. The first kappa shape index (κ1) is 18.9. The van der Waals surface area contributed by atoms with Crippen molar-refractivity contribution in [3.63, 3.8) is 0 Å². The van der Waals surface area contributed by atoms with E-state index in [0.717, 1.165) is 5.56 Å². The molecular weight excluding hydrogens is 364 g/mol. The van der Waals surface area contributed by atoms with Crippen LogP contribution in [0.15, 0.2) is 82.3 Å². The van der Waals surface area contributed by atoms with Gasteiger partial charge in [0.05, 0.1) is 17.7 Å². The molecule has 0 bridgehead atoms. The molecule has 0 aliphatic carbocycles. The van der Waals surface area contributed by atoms with Crippen molar-refractivity contribution >= 4 is 15.9 Å². The molecule has 1 aromatic heterocycles. The van der Waals surface area contributed by atoms with Gasteiger partial charge in [-0.2, -0.15) is 4.31 Å². The van der Waals surface area contributed by atoms with Crippen molar-refractivity contribution in [2.24, 2.45) is 0 Å². The van der Waals surface area contributed by atoms with E-state index in [4.69, 9.17) is 4.42 Å². The normalized spacial score (nSPS) is 11.5. The Morgan fingerprint density at radius 2 is 1.70 bits per heavy atom. The molecule has 2 aromatic carbocycles. The standard InChI is InChI=1S/C20H20N2O4S/c1-22(15-18-8-5-13-26-18)27(24,25)19-11-9-17(10-12-19)20(23)21-14-16-6-3-2-4-7-16/h2-13H,14-15H2,1H3,(H,21,23). The van der Waals surface area contributed by atoms with Crippen molar-refractivity contribution in [2.45, 2.75) is 18.0 Å². The highest BCUT2D eigenvalue weighted by atomic mass is 32.2. The third-order valence-electron chi connectivity index (χ3n) is 4.08. The quantitative estimate of drug-likeness (QED) is 0.679. The average molecular weight is 384 g/mol. The summed E-state index contributed by atoms with van der Waals surface area (Å²) in [6.45, 7) is 0.542. The monoisotopic (exact) mass is 384 g/mol. The first-order chi connectivity index (χ1) is 13.0. The molecule has 0 radical (unpaired) electrons. The molecule has 0 spiro atoms. The van der Waals surface area contributed by atoms with E-state index >= 15 is 0 Å². The van der Waals surface area contributed by atoms with E-state index in [0.29, 0.717) is 17.9 Å². The first-order valence-electron chi connectivity index (χ1n) is 8.38. The molecule has 7 heteroatoms. The Morgan fingerprint density at radius 3 is 2.33 bits per heavy atom. The van der Waals surface area contributed by atoms with E-state index in [1.807, 2.05) is 30.3 Å². The number of hydrogen-bond donors (Lipinski definition) is 1. The van der Waals surface area contributed by atoms with Crippen LogP contribution in [0.1, 0.15) is 21.7 Å². The Morgan fingerprint density at radius 1 is 1.00 bits per heavy atom. The minimum atomic E-state index is -3.67. The number of carbonyl (C=O) groups is 1. The highest BCUT2D eigenvalue weighted by molar-refractivity contribution is 7.89. The number of rotatable bonds is 7. The molecule has 140 valence electrons. The molecule has 0 saturated carbocycles. The van der Waals surface area contributed by atoms with E-state index in [2.05, 4.69) is 5.32 Å². The number of nitrogens with one attached hydrogen (secondary N) is 1. The van der Waals surface area contributed by atoms with Crippen molar-refractivity contribution in [3.05, 3.63) is 89.9 Å². The van der Waals surface area contributed by atoms with Crippen LogP contribution in [0.5, 0.6) is 0 Å². The second-order valence-electron chi connectivity index (χ2n) is 6.03. The average Bonchev–Trinajstić information content (AvgIpc) is 3.20. The third-order valence-corrected chi connectivity index (χ3v) is 5.90. The molecule has 0 aliphatic rings. The van der Waals surface area contributed by atoms with E-state index in [-0.39, 0.29) is 17.3 Å². The minimum Gasteiger partial charge on any atom is -0.468 e. The predicted octanol–water partition coefficient (Wildman–Crippen LogP) is 3.03. The zero-order valence-electron chi connectivity index (χ0n) is 14.8. The predicted molar refractivity (Wildman–Crippen MR) is 101 cm³/mol. The fourth-order valence-electron chi connectivity index (χ4n) is 2.55. The molecule has 27 heavy (non-hydrogen) atoms. The smallest absolute Gasteiger partial charge is 0.251 e. The van der Waals surface area contributed by atoms with Crippen molar-refractivity contribution < 1.29 is 17.6 Å². The van der Waals surface area contributed by atoms with Gasteiger partial charge in [0.15, 0.2) is 0 Å². The number of furan rings is 1. The van der Waals surface area contributed by atoms with Gasteiger partial charge in [-0.15, -0.1) is 0 Å². The summed E-state index contributed by atoms with van der Waals surface area (Å²) in [5.41, 5.74) is 1.39. The summed E-state index contributed by atoms with van der Waals surface area (Å²) in [4.78, 5) is 12.4. The van der Waals surface area contributed by atoms with Gasteiger partial charge >= 0.3 is 0 Å². The van der Waals surface area contributed by atoms with Crippen LogP contribution in [0.2, 0.25) is 0 Å². The maximum Gasteiger partial charge on any atom is 0.251 e. The summed E-state index contributed by atoms with van der Waals surface area (Å²) in [5.74, 6) is 0.296. The summed E-state index contributed by atoms with van der Waals surface area (Å²) in [7, 11) is -2.19. The number of nitrogens with zero attached hydrogens (tertiary/aromatic N) is 1. The minimum absolute atomic E-state index is 0.121. The molecule has 0 aliphatic heterocycles. The van der Waals surface area contributed by atoms with Crippen LogP contribution in [0.25, 0.3) is 0 Å². The lowest BCUT2D eigenvalue weighted by Gasteiger charge is -2.16. The van der Waals surface area contributed by atoms with Gasteiger partial charge in [-0.3, -0.25) is 4.79 Å². The number of sulfonamides is 1. The van der Waals surface area contributed by atoms with Crippen LogP contribution in [0, 0.1) is 0 Å². The summed E-state index contributed by atoms with van der Waals surface area (Å²) in [5, 5.41) is 2.81. The molecular formula is C20H20N2O4S. The summed E-state index contributed by atoms with van der Waals surface area (Å²) < 4.78 is 31.7. The highest BCUT2D eigenvalue weighted by Gasteiger charge is 2.22. The second kappa shape index (κ2) is 8.20. The molecule has 1 N–H and O–H groups in total. The lowest BCUT2D eigenvalue weighted by atomic mass is 10.2. The van der Waals surface area contributed by atoms with E-state index in [9.17, 15) is 13.2 Å². The summed E-state index contributed by atoms with van der Waals surface area (Å²) >= 11 is 0. The maximum absolute atomic E-state index is 12.6.